The van der Waals surface area contributed by atoms with Gasteiger partial charge in [0, 0.05) is 23.2 Å². The molecule has 26 heavy (non-hydrogen) atoms. The van der Waals surface area contributed by atoms with Gasteiger partial charge in [-0.1, -0.05) is 18.2 Å². The van der Waals surface area contributed by atoms with Gasteiger partial charge in [-0.15, -0.1) is 0 Å². The number of carbonyl (C=O) groups excluding carboxylic acids is 2. The second-order valence-electron chi connectivity index (χ2n) is 7.36. The maximum atomic E-state index is 12.6. The van der Waals surface area contributed by atoms with Crippen LogP contribution in [0.3, 0.4) is 0 Å². The summed E-state index contributed by atoms with van der Waals surface area (Å²) in [7, 11) is 3.97. The van der Waals surface area contributed by atoms with Gasteiger partial charge in [0.2, 0.25) is 5.91 Å². The molecule has 0 saturated carbocycles. The third kappa shape index (κ3) is 4.49. The molecule has 0 atom stereocenters. The van der Waals surface area contributed by atoms with Crippen molar-refractivity contribution in [1.82, 2.24) is 10.2 Å². The number of nitrogens with zero attached hydrogens (tertiary/aromatic N) is 1. The highest BCUT2D eigenvalue weighted by molar-refractivity contribution is 5.97. The molecule has 0 aromatic heterocycles. The van der Waals surface area contributed by atoms with Gasteiger partial charge < -0.3 is 16.0 Å². The van der Waals surface area contributed by atoms with E-state index in [4.69, 9.17) is 5.73 Å². The number of primary amides is 1. The Morgan fingerprint density at radius 2 is 1.77 bits per heavy atom. The summed E-state index contributed by atoms with van der Waals surface area (Å²) in [5.41, 5.74) is 9.07. The maximum absolute atomic E-state index is 12.6. The van der Waals surface area contributed by atoms with E-state index in [1.165, 1.54) is 0 Å². The number of hydrogen-bond donors (Lipinski definition) is 2. The third-order valence-electron chi connectivity index (χ3n) is 4.85. The number of benzene rings is 2. The molecule has 3 N–H and O–H groups in total. The molecule has 0 spiro atoms. The molecule has 2 aromatic rings. The Balaban J connectivity index is 2.27. The SMILES string of the molecule is Cc1ccc(C(N)=O)cc1-c1cccc(C(=O)NCC(C)(C)N(C)C)c1. The largest absolute Gasteiger partial charge is 0.366 e. The van der Waals surface area contributed by atoms with Gasteiger partial charge in [-0.2, -0.15) is 0 Å². The van der Waals surface area contributed by atoms with Crippen molar-refractivity contribution in [2.75, 3.05) is 20.6 Å². The van der Waals surface area contributed by atoms with Gasteiger partial charge in [0.25, 0.3) is 5.91 Å². The second-order valence-corrected chi connectivity index (χ2v) is 7.36. The number of carbonyl (C=O) groups is 2. The number of rotatable bonds is 6. The van der Waals surface area contributed by atoms with Crippen molar-refractivity contribution in [1.29, 1.82) is 0 Å². The Kier molecular flexibility index (Phi) is 5.83. The van der Waals surface area contributed by atoms with Crippen molar-refractivity contribution < 1.29 is 9.59 Å². The van der Waals surface area contributed by atoms with Gasteiger partial charge >= 0.3 is 0 Å². The minimum Gasteiger partial charge on any atom is -0.366 e. The van der Waals surface area contributed by atoms with Crippen LogP contribution in [0.25, 0.3) is 11.1 Å². The lowest BCUT2D eigenvalue weighted by Gasteiger charge is -2.32. The predicted molar refractivity (Wildman–Crippen MR) is 105 cm³/mol. The van der Waals surface area contributed by atoms with Crippen LogP contribution in [0.1, 0.15) is 40.1 Å². The van der Waals surface area contributed by atoms with Crippen LogP contribution >= 0.6 is 0 Å². The average molecular weight is 353 g/mol. The van der Waals surface area contributed by atoms with Crippen molar-refractivity contribution in [2.45, 2.75) is 26.3 Å². The van der Waals surface area contributed by atoms with Crippen LogP contribution in [0.2, 0.25) is 0 Å². The quantitative estimate of drug-likeness (QED) is 0.838. The highest BCUT2D eigenvalue weighted by atomic mass is 16.2. The van der Waals surface area contributed by atoms with Crippen LogP contribution in [0, 0.1) is 6.92 Å². The summed E-state index contributed by atoms with van der Waals surface area (Å²) >= 11 is 0. The van der Waals surface area contributed by atoms with E-state index in [0.29, 0.717) is 17.7 Å². The number of nitrogens with two attached hydrogens (primary N) is 1. The van der Waals surface area contributed by atoms with Crippen LogP contribution in [-0.4, -0.2) is 42.9 Å². The average Bonchev–Trinajstić information content (AvgIpc) is 2.59. The lowest BCUT2D eigenvalue weighted by atomic mass is 9.96. The lowest BCUT2D eigenvalue weighted by molar-refractivity contribution is 0.0919. The van der Waals surface area contributed by atoms with Gasteiger partial charge in [0.05, 0.1) is 0 Å². The van der Waals surface area contributed by atoms with Crippen LogP contribution in [0.15, 0.2) is 42.5 Å². The lowest BCUT2D eigenvalue weighted by Crippen LogP contribution is -2.48. The van der Waals surface area contributed by atoms with Crippen LogP contribution < -0.4 is 11.1 Å². The monoisotopic (exact) mass is 353 g/mol. The first-order valence-electron chi connectivity index (χ1n) is 8.58. The zero-order chi connectivity index (χ0) is 19.5. The van der Waals surface area contributed by atoms with Gasteiger partial charge in [-0.3, -0.25) is 9.59 Å². The molecule has 138 valence electrons. The number of nitrogens with one attached hydrogen (secondary N) is 1. The fourth-order valence-corrected chi connectivity index (χ4v) is 2.47. The van der Waals surface area contributed by atoms with E-state index in [1.807, 2.05) is 45.3 Å². The third-order valence-corrected chi connectivity index (χ3v) is 4.85. The summed E-state index contributed by atoms with van der Waals surface area (Å²) < 4.78 is 0. The van der Waals surface area contributed by atoms with E-state index in [0.717, 1.165) is 16.7 Å². The highest BCUT2D eigenvalue weighted by Crippen LogP contribution is 2.25. The minimum absolute atomic E-state index is 0.120. The molecule has 5 nitrogen and oxygen atoms in total. The van der Waals surface area contributed by atoms with E-state index in [1.54, 1.807) is 18.2 Å². The minimum atomic E-state index is -0.467. The number of aryl methyl sites for hydroxylation is 1. The second kappa shape index (κ2) is 7.70. The van der Waals surface area contributed by atoms with Crippen LogP contribution in [0.4, 0.5) is 0 Å². The fraction of sp³-hybridized carbons (Fsp3) is 0.333. The Morgan fingerprint density at radius 3 is 2.38 bits per heavy atom. The fourth-order valence-electron chi connectivity index (χ4n) is 2.47. The standard InChI is InChI=1S/C21H27N3O2/c1-14-9-10-16(19(22)25)12-18(14)15-7-6-8-17(11-15)20(26)23-13-21(2,3)24(4)5/h6-12H,13H2,1-5H3,(H2,22,25)(H,23,26). The molecule has 0 radical (unpaired) electrons. The van der Waals surface area contributed by atoms with Crippen molar-refractivity contribution in [2.24, 2.45) is 5.73 Å². The van der Waals surface area contributed by atoms with Crippen molar-refractivity contribution in [3.63, 3.8) is 0 Å². The van der Waals surface area contributed by atoms with Crippen molar-refractivity contribution in [3.8, 4) is 11.1 Å². The maximum Gasteiger partial charge on any atom is 0.251 e. The van der Waals surface area contributed by atoms with Crippen LogP contribution in [0.5, 0.6) is 0 Å². The molecular weight excluding hydrogens is 326 g/mol. The van der Waals surface area contributed by atoms with E-state index < -0.39 is 5.91 Å². The van der Waals surface area contributed by atoms with E-state index in [-0.39, 0.29) is 11.4 Å². The van der Waals surface area contributed by atoms with Gasteiger partial charge in [0.15, 0.2) is 0 Å². The summed E-state index contributed by atoms with van der Waals surface area (Å²) in [5, 5.41) is 2.99. The number of likely N-dealkylation sites (N-methyl/N-ethyl adjacent to an activating group) is 1. The topological polar surface area (TPSA) is 75.4 Å². The first-order chi connectivity index (χ1) is 12.1. The molecule has 0 aliphatic rings. The normalized spacial score (nSPS) is 11.5. The summed E-state index contributed by atoms with van der Waals surface area (Å²) in [6, 6.07) is 12.7. The van der Waals surface area contributed by atoms with Gasteiger partial charge in [0.1, 0.15) is 0 Å². The summed E-state index contributed by atoms with van der Waals surface area (Å²) in [4.78, 5) is 26.1. The Bertz CT molecular complexity index is 826. The molecule has 0 saturated heterocycles. The zero-order valence-corrected chi connectivity index (χ0v) is 16.1. The molecule has 0 fully saturated rings. The summed E-state index contributed by atoms with van der Waals surface area (Å²) in [6.07, 6.45) is 0. The Morgan fingerprint density at radius 1 is 1.08 bits per heavy atom. The Hall–Kier alpha value is -2.66. The van der Waals surface area contributed by atoms with Gasteiger partial charge in [-0.05, 0) is 75.8 Å². The molecule has 0 unspecified atom stereocenters. The van der Waals surface area contributed by atoms with Crippen LogP contribution in [-0.2, 0) is 0 Å². The summed E-state index contributed by atoms with van der Waals surface area (Å²) in [6.45, 7) is 6.65. The van der Waals surface area contributed by atoms with E-state index in [2.05, 4.69) is 24.1 Å². The number of amides is 2. The van der Waals surface area contributed by atoms with E-state index >= 15 is 0 Å². The molecule has 0 bridgehead atoms. The first-order valence-corrected chi connectivity index (χ1v) is 8.58. The van der Waals surface area contributed by atoms with E-state index in [9.17, 15) is 9.59 Å². The number of hydrogen-bond acceptors (Lipinski definition) is 3. The molecule has 2 rings (SSSR count). The molecule has 0 heterocycles. The Labute approximate surface area is 155 Å². The zero-order valence-electron chi connectivity index (χ0n) is 16.1. The van der Waals surface area contributed by atoms with Gasteiger partial charge in [-0.25, -0.2) is 0 Å². The molecular formula is C21H27N3O2. The molecule has 5 heteroatoms. The summed E-state index contributed by atoms with van der Waals surface area (Å²) in [5.74, 6) is -0.587. The predicted octanol–water partition coefficient (Wildman–Crippen LogP) is 2.83. The smallest absolute Gasteiger partial charge is 0.251 e. The molecule has 2 aromatic carbocycles. The van der Waals surface area contributed by atoms with Crippen molar-refractivity contribution >= 4 is 11.8 Å². The molecule has 2 amide bonds. The highest BCUT2D eigenvalue weighted by Gasteiger charge is 2.21. The first kappa shape index (κ1) is 19.7. The molecule has 0 aliphatic carbocycles. The van der Waals surface area contributed by atoms with Crippen molar-refractivity contribution in [3.05, 3.63) is 59.2 Å². The molecule has 0 aliphatic heterocycles.